The lowest BCUT2D eigenvalue weighted by molar-refractivity contribution is 0.641. The number of aryl methyl sites for hydroxylation is 2. The molecule has 2 heteroatoms. The van der Waals surface area contributed by atoms with E-state index in [4.69, 9.17) is 0 Å². The van der Waals surface area contributed by atoms with Crippen LogP contribution in [-0.4, -0.2) is 13.3 Å². The molecular formula is C21H24N2. The van der Waals surface area contributed by atoms with Gasteiger partial charge in [0.05, 0.1) is 5.69 Å². The minimum Gasteiger partial charge on any atom is -0.347 e. The standard InChI is InChI=1S/C21H24N2/c1-15-10-11-18(16(2)14-15)22-13-12-20-21(3,4)17-8-6-7-9-19(17)23(20)5/h6-14H,1-5H3/b20-12-,22-13?. The molecule has 2 aromatic rings. The Labute approximate surface area is 139 Å². The molecule has 3 rings (SSSR count). The predicted octanol–water partition coefficient (Wildman–Crippen LogP) is 5.32. The Morgan fingerprint density at radius 3 is 2.48 bits per heavy atom. The third-order valence-electron chi connectivity index (χ3n) is 4.74. The number of rotatable bonds is 2. The quantitative estimate of drug-likeness (QED) is 0.686. The largest absolute Gasteiger partial charge is 0.347 e. The first kappa shape index (κ1) is 15.5. The van der Waals surface area contributed by atoms with Crippen molar-refractivity contribution < 1.29 is 0 Å². The summed E-state index contributed by atoms with van der Waals surface area (Å²) in [6.45, 7) is 8.75. The van der Waals surface area contributed by atoms with Crippen LogP contribution in [0.3, 0.4) is 0 Å². The van der Waals surface area contributed by atoms with Gasteiger partial charge in [-0.2, -0.15) is 0 Å². The van der Waals surface area contributed by atoms with Gasteiger partial charge in [0.1, 0.15) is 0 Å². The summed E-state index contributed by atoms with van der Waals surface area (Å²) in [7, 11) is 2.13. The van der Waals surface area contributed by atoms with Gasteiger partial charge in [-0.15, -0.1) is 0 Å². The first-order chi connectivity index (χ1) is 10.9. The number of aliphatic imine (C=N–C) groups is 1. The fourth-order valence-corrected chi connectivity index (χ4v) is 3.44. The van der Waals surface area contributed by atoms with Crippen LogP contribution in [0, 0.1) is 13.8 Å². The number of nitrogens with zero attached hydrogens (tertiary/aromatic N) is 2. The van der Waals surface area contributed by atoms with E-state index in [1.165, 1.54) is 28.1 Å². The van der Waals surface area contributed by atoms with Crippen LogP contribution >= 0.6 is 0 Å². The molecule has 1 aliphatic rings. The third-order valence-corrected chi connectivity index (χ3v) is 4.74. The van der Waals surface area contributed by atoms with E-state index in [-0.39, 0.29) is 5.41 Å². The Hall–Kier alpha value is -2.35. The van der Waals surface area contributed by atoms with Crippen molar-refractivity contribution >= 4 is 17.6 Å². The summed E-state index contributed by atoms with van der Waals surface area (Å²) in [6.07, 6.45) is 4.07. The molecule has 0 radical (unpaired) electrons. The molecule has 0 saturated heterocycles. The Morgan fingerprint density at radius 2 is 1.78 bits per heavy atom. The molecule has 0 N–H and O–H groups in total. The SMILES string of the molecule is Cc1ccc(N=C/C=C2\N(C)c3ccccc3C2(C)C)c(C)c1. The first-order valence-corrected chi connectivity index (χ1v) is 8.06. The van der Waals surface area contributed by atoms with E-state index in [1.54, 1.807) is 0 Å². The summed E-state index contributed by atoms with van der Waals surface area (Å²) in [5.41, 5.74) is 7.43. The molecule has 1 heterocycles. The molecule has 0 unspecified atom stereocenters. The fourth-order valence-electron chi connectivity index (χ4n) is 3.44. The lowest BCUT2D eigenvalue weighted by Gasteiger charge is -2.23. The van der Waals surface area contributed by atoms with Crippen LogP contribution in [0.25, 0.3) is 0 Å². The number of hydrogen-bond donors (Lipinski definition) is 0. The van der Waals surface area contributed by atoms with Crippen LogP contribution in [0.4, 0.5) is 11.4 Å². The lowest BCUT2D eigenvalue weighted by Crippen LogP contribution is -2.23. The molecule has 0 atom stereocenters. The van der Waals surface area contributed by atoms with Gasteiger partial charge in [0.25, 0.3) is 0 Å². The van der Waals surface area contributed by atoms with Gasteiger partial charge in [-0.3, -0.25) is 4.99 Å². The maximum Gasteiger partial charge on any atom is 0.0658 e. The Morgan fingerprint density at radius 1 is 1.04 bits per heavy atom. The molecule has 118 valence electrons. The van der Waals surface area contributed by atoms with E-state index in [2.05, 4.69) is 93.2 Å². The highest BCUT2D eigenvalue weighted by molar-refractivity contribution is 5.81. The van der Waals surface area contributed by atoms with E-state index in [1.807, 2.05) is 6.21 Å². The molecule has 0 spiro atoms. The summed E-state index contributed by atoms with van der Waals surface area (Å²) < 4.78 is 0. The zero-order valence-corrected chi connectivity index (χ0v) is 14.6. The van der Waals surface area contributed by atoms with Gasteiger partial charge < -0.3 is 4.90 Å². The van der Waals surface area contributed by atoms with E-state index >= 15 is 0 Å². The van der Waals surface area contributed by atoms with Crippen molar-refractivity contribution in [3.63, 3.8) is 0 Å². The van der Waals surface area contributed by atoms with Gasteiger partial charge in [0, 0.05) is 30.1 Å². The zero-order chi connectivity index (χ0) is 16.6. The van der Waals surface area contributed by atoms with Crippen molar-refractivity contribution in [3.8, 4) is 0 Å². The molecule has 0 saturated carbocycles. The van der Waals surface area contributed by atoms with E-state index in [0.29, 0.717) is 0 Å². The lowest BCUT2D eigenvalue weighted by atomic mass is 9.84. The first-order valence-electron chi connectivity index (χ1n) is 8.06. The van der Waals surface area contributed by atoms with Crippen LogP contribution in [0.2, 0.25) is 0 Å². The number of anilines is 1. The van der Waals surface area contributed by atoms with Gasteiger partial charge in [-0.05, 0) is 43.2 Å². The molecule has 2 nitrogen and oxygen atoms in total. The number of benzene rings is 2. The minimum absolute atomic E-state index is 0.000314. The zero-order valence-electron chi connectivity index (χ0n) is 14.6. The average Bonchev–Trinajstić information content (AvgIpc) is 2.70. The second-order valence-electron chi connectivity index (χ2n) is 6.82. The molecule has 0 amide bonds. The highest BCUT2D eigenvalue weighted by Gasteiger charge is 2.37. The second-order valence-corrected chi connectivity index (χ2v) is 6.82. The van der Waals surface area contributed by atoms with Crippen molar-refractivity contribution in [2.45, 2.75) is 33.1 Å². The van der Waals surface area contributed by atoms with Gasteiger partial charge in [0.15, 0.2) is 0 Å². The van der Waals surface area contributed by atoms with Crippen LogP contribution in [-0.2, 0) is 5.41 Å². The number of hydrogen-bond acceptors (Lipinski definition) is 2. The maximum atomic E-state index is 4.65. The maximum absolute atomic E-state index is 4.65. The average molecular weight is 304 g/mol. The van der Waals surface area contributed by atoms with Crippen molar-refractivity contribution in [2.24, 2.45) is 4.99 Å². The molecule has 0 fully saturated rings. The second kappa shape index (κ2) is 5.69. The molecule has 23 heavy (non-hydrogen) atoms. The monoisotopic (exact) mass is 304 g/mol. The summed E-state index contributed by atoms with van der Waals surface area (Å²) in [4.78, 5) is 6.91. The van der Waals surface area contributed by atoms with Crippen molar-refractivity contribution in [1.29, 1.82) is 0 Å². The number of likely N-dealkylation sites (N-methyl/N-ethyl adjacent to an activating group) is 1. The van der Waals surface area contributed by atoms with Crippen LogP contribution in [0.5, 0.6) is 0 Å². The minimum atomic E-state index is -0.000314. The summed E-state index contributed by atoms with van der Waals surface area (Å²) in [5.74, 6) is 0. The van der Waals surface area contributed by atoms with Gasteiger partial charge in [-0.25, -0.2) is 0 Å². The summed E-state index contributed by atoms with van der Waals surface area (Å²) in [6, 6.07) is 15.0. The van der Waals surface area contributed by atoms with Crippen LogP contribution in [0.15, 0.2) is 59.2 Å². The number of para-hydroxylation sites is 1. The molecule has 0 aliphatic carbocycles. The molecule has 0 aromatic heterocycles. The van der Waals surface area contributed by atoms with Gasteiger partial charge in [-0.1, -0.05) is 49.7 Å². The van der Waals surface area contributed by atoms with Crippen molar-refractivity contribution in [3.05, 3.63) is 70.9 Å². The Bertz CT molecular complexity index is 797. The Balaban J connectivity index is 1.93. The van der Waals surface area contributed by atoms with Gasteiger partial charge in [0.2, 0.25) is 0 Å². The van der Waals surface area contributed by atoms with E-state index in [0.717, 1.165) is 5.69 Å². The van der Waals surface area contributed by atoms with E-state index < -0.39 is 0 Å². The molecule has 2 aromatic carbocycles. The fraction of sp³-hybridized carbons (Fsp3) is 0.286. The van der Waals surface area contributed by atoms with Gasteiger partial charge >= 0.3 is 0 Å². The normalized spacial score (nSPS) is 18.0. The topological polar surface area (TPSA) is 15.6 Å². The highest BCUT2D eigenvalue weighted by Crippen LogP contribution is 2.46. The van der Waals surface area contributed by atoms with Crippen molar-refractivity contribution in [2.75, 3.05) is 11.9 Å². The summed E-state index contributed by atoms with van der Waals surface area (Å²) in [5, 5.41) is 0. The molecule has 1 aliphatic heterocycles. The predicted molar refractivity (Wildman–Crippen MR) is 100 cm³/mol. The molecule has 0 bridgehead atoms. The smallest absolute Gasteiger partial charge is 0.0658 e. The van der Waals surface area contributed by atoms with Crippen molar-refractivity contribution in [1.82, 2.24) is 0 Å². The molecular weight excluding hydrogens is 280 g/mol. The van der Waals surface area contributed by atoms with E-state index in [9.17, 15) is 0 Å². The summed E-state index contributed by atoms with van der Waals surface area (Å²) >= 11 is 0. The third kappa shape index (κ3) is 2.70. The van der Waals surface area contributed by atoms with Crippen LogP contribution < -0.4 is 4.90 Å². The van der Waals surface area contributed by atoms with Crippen LogP contribution in [0.1, 0.15) is 30.5 Å². The Kier molecular flexibility index (Phi) is 3.85. The number of allylic oxidation sites excluding steroid dienone is 2. The highest BCUT2D eigenvalue weighted by atomic mass is 15.2. The number of fused-ring (bicyclic) bond motifs is 1.